The number of benzene rings is 1. The maximum Gasteiger partial charge on any atom is 0.327 e. The molecule has 0 fully saturated rings. The van der Waals surface area contributed by atoms with Crippen molar-refractivity contribution in [3.63, 3.8) is 0 Å². The highest BCUT2D eigenvalue weighted by Crippen LogP contribution is 2.39. The topological polar surface area (TPSA) is 56.8 Å². The Morgan fingerprint density at radius 1 is 1.37 bits per heavy atom. The van der Waals surface area contributed by atoms with E-state index in [1.54, 1.807) is 26.1 Å². The van der Waals surface area contributed by atoms with Crippen LogP contribution in [0.1, 0.15) is 18.5 Å². The number of hydrogen-bond acceptors (Lipinski definition) is 5. The number of carbonyl (C=O) groups is 1. The van der Waals surface area contributed by atoms with Crippen molar-refractivity contribution in [3.05, 3.63) is 22.7 Å². The van der Waals surface area contributed by atoms with E-state index in [1.807, 2.05) is 0 Å². The first kappa shape index (κ1) is 15.6. The van der Waals surface area contributed by atoms with Crippen LogP contribution in [0.4, 0.5) is 0 Å². The zero-order valence-electron chi connectivity index (χ0n) is 11.5. The number of likely N-dealkylation sites (N-methyl/N-ethyl adjacent to an activating group) is 1. The molecule has 0 bridgehead atoms. The van der Waals surface area contributed by atoms with Gasteiger partial charge >= 0.3 is 5.97 Å². The van der Waals surface area contributed by atoms with Gasteiger partial charge in [-0.25, -0.2) is 4.79 Å². The van der Waals surface area contributed by atoms with Crippen molar-refractivity contribution < 1.29 is 19.0 Å². The molecule has 0 saturated heterocycles. The molecule has 0 aromatic heterocycles. The lowest BCUT2D eigenvalue weighted by atomic mass is 10.1. The van der Waals surface area contributed by atoms with Crippen LogP contribution in [-0.4, -0.2) is 33.8 Å². The average Bonchev–Trinajstić information content (AvgIpc) is 2.41. The molecule has 6 heteroatoms. The van der Waals surface area contributed by atoms with Gasteiger partial charge in [-0.05, 0) is 20.0 Å². The lowest BCUT2D eigenvalue weighted by Gasteiger charge is -2.19. The molecule has 106 valence electrons. The van der Waals surface area contributed by atoms with Gasteiger partial charge in [0, 0.05) is 5.56 Å². The first-order valence-corrected chi connectivity index (χ1v) is 6.22. The Kier molecular flexibility index (Phi) is 5.92. The van der Waals surface area contributed by atoms with Crippen molar-refractivity contribution in [3.8, 4) is 11.5 Å². The Bertz CT molecular complexity index is 451. The third-order valence-corrected chi connectivity index (χ3v) is 3.03. The fourth-order valence-corrected chi connectivity index (χ4v) is 2.10. The third-order valence-electron chi connectivity index (χ3n) is 2.64. The standard InChI is InChI=1S/C13H18ClNO4/c1-5-19-13(16)11(15-2)8-6-7-9(17-3)12(18-4)10(8)14/h6-7,11,15H,5H2,1-4H3. The summed E-state index contributed by atoms with van der Waals surface area (Å²) in [6, 6.07) is 2.76. The maximum absolute atomic E-state index is 11.9. The summed E-state index contributed by atoms with van der Waals surface area (Å²) in [5.74, 6) is 0.514. The van der Waals surface area contributed by atoms with E-state index in [2.05, 4.69) is 5.32 Å². The molecule has 1 aromatic carbocycles. The first-order chi connectivity index (χ1) is 9.10. The number of rotatable bonds is 6. The Morgan fingerprint density at radius 2 is 2.05 bits per heavy atom. The van der Waals surface area contributed by atoms with Crippen LogP contribution in [-0.2, 0) is 9.53 Å². The van der Waals surface area contributed by atoms with E-state index in [1.165, 1.54) is 14.2 Å². The highest BCUT2D eigenvalue weighted by atomic mass is 35.5. The van der Waals surface area contributed by atoms with Crippen molar-refractivity contribution >= 4 is 17.6 Å². The van der Waals surface area contributed by atoms with Crippen LogP contribution < -0.4 is 14.8 Å². The Morgan fingerprint density at radius 3 is 2.53 bits per heavy atom. The van der Waals surface area contributed by atoms with Crippen molar-refractivity contribution in [2.45, 2.75) is 13.0 Å². The van der Waals surface area contributed by atoms with E-state index >= 15 is 0 Å². The lowest BCUT2D eigenvalue weighted by molar-refractivity contribution is -0.145. The summed E-state index contributed by atoms with van der Waals surface area (Å²) in [4.78, 5) is 11.9. The molecule has 0 amide bonds. The van der Waals surface area contributed by atoms with Crippen molar-refractivity contribution in [1.82, 2.24) is 5.32 Å². The molecule has 1 N–H and O–H groups in total. The van der Waals surface area contributed by atoms with E-state index < -0.39 is 6.04 Å². The number of carbonyl (C=O) groups excluding carboxylic acids is 1. The summed E-state index contributed by atoms with van der Waals surface area (Å²) < 4.78 is 15.4. The van der Waals surface area contributed by atoms with Gasteiger partial charge in [-0.2, -0.15) is 0 Å². The zero-order chi connectivity index (χ0) is 14.4. The van der Waals surface area contributed by atoms with Gasteiger partial charge in [0.2, 0.25) is 0 Å². The molecule has 5 nitrogen and oxygen atoms in total. The van der Waals surface area contributed by atoms with Crippen LogP contribution in [0.2, 0.25) is 5.02 Å². The Hall–Kier alpha value is -1.46. The van der Waals surface area contributed by atoms with E-state index in [4.69, 9.17) is 25.8 Å². The first-order valence-electron chi connectivity index (χ1n) is 5.84. The molecular formula is C13H18ClNO4. The molecule has 0 aliphatic rings. The molecular weight excluding hydrogens is 270 g/mol. The summed E-state index contributed by atoms with van der Waals surface area (Å²) >= 11 is 6.26. The van der Waals surface area contributed by atoms with Gasteiger partial charge < -0.3 is 19.5 Å². The Labute approximate surface area is 117 Å². The number of hydrogen-bond donors (Lipinski definition) is 1. The van der Waals surface area contributed by atoms with Gasteiger partial charge in [-0.15, -0.1) is 0 Å². The summed E-state index contributed by atoms with van der Waals surface area (Å²) in [5, 5.41) is 3.21. The number of methoxy groups -OCH3 is 2. The fraction of sp³-hybridized carbons (Fsp3) is 0.462. The number of halogens is 1. The smallest absolute Gasteiger partial charge is 0.327 e. The van der Waals surface area contributed by atoms with Gasteiger partial charge in [0.25, 0.3) is 0 Å². The minimum atomic E-state index is -0.646. The maximum atomic E-state index is 11.9. The molecule has 1 unspecified atom stereocenters. The highest BCUT2D eigenvalue weighted by molar-refractivity contribution is 6.33. The quantitative estimate of drug-likeness (QED) is 0.813. The zero-order valence-corrected chi connectivity index (χ0v) is 12.2. The molecule has 0 saturated carbocycles. The monoisotopic (exact) mass is 287 g/mol. The van der Waals surface area contributed by atoms with Gasteiger partial charge in [0.05, 0.1) is 25.8 Å². The molecule has 0 radical (unpaired) electrons. The predicted octanol–water partition coefficient (Wildman–Crippen LogP) is 2.18. The molecule has 1 atom stereocenters. The van der Waals surface area contributed by atoms with Crippen molar-refractivity contribution in [2.24, 2.45) is 0 Å². The summed E-state index contributed by atoms with van der Waals surface area (Å²) in [6.07, 6.45) is 0. The number of ether oxygens (including phenoxy) is 3. The minimum Gasteiger partial charge on any atom is -0.493 e. The largest absolute Gasteiger partial charge is 0.493 e. The second-order valence-electron chi connectivity index (χ2n) is 3.68. The van der Waals surface area contributed by atoms with Crippen LogP contribution in [0.5, 0.6) is 11.5 Å². The second-order valence-corrected chi connectivity index (χ2v) is 4.06. The molecule has 0 aliphatic heterocycles. The molecule has 19 heavy (non-hydrogen) atoms. The molecule has 1 aromatic rings. The Balaban J connectivity index is 3.22. The van der Waals surface area contributed by atoms with Gasteiger partial charge in [0.15, 0.2) is 11.5 Å². The number of nitrogens with one attached hydrogen (secondary N) is 1. The molecule has 0 heterocycles. The van der Waals surface area contributed by atoms with Crippen LogP contribution in [0.3, 0.4) is 0 Å². The van der Waals surface area contributed by atoms with Crippen LogP contribution in [0.25, 0.3) is 0 Å². The van der Waals surface area contributed by atoms with E-state index in [9.17, 15) is 4.79 Å². The van der Waals surface area contributed by atoms with Gasteiger partial charge in [-0.3, -0.25) is 0 Å². The highest BCUT2D eigenvalue weighted by Gasteiger charge is 2.25. The average molecular weight is 288 g/mol. The number of esters is 1. The predicted molar refractivity (Wildman–Crippen MR) is 73.0 cm³/mol. The summed E-state index contributed by atoms with van der Waals surface area (Å²) in [7, 11) is 4.68. The summed E-state index contributed by atoms with van der Waals surface area (Å²) in [5.41, 5.74) is 0.584. The van der Waals surface area contributed by atoms with Crippen molar-refractivity contribution in [2.75, 3.05) is 27.9 Å². The molecule has 0 aliphatic carbocycles. The van der Waals surface area contributed by atoms with E-state index in [0.717, 1.165) is 0 Å². The molecule has 1 rings (SSSR count). The second kappa shape index (κ2) is 7.21. The van der Waals surface area contributed by atoms with Gasteiger partial charge in [-0.1, -0.05) is 17.7 Å². The summed E-state index contributed by atoms with van der Waals surface area (Å²) in [6.45, 7) is 2.06. The fourth-order valence-electron chi connectivity index (χ4n) is 1.75. The normalized spacial score (nSPS) is 11.8. The van der Waals surface area contributed by atoms with Crippen LogP contribution >= 0.6 is 11.6 Å². The molecule has 0 spiro atoms. The van der Waals surface area contributed by atoms with E-state index in [0.29, 0.717) is 28.7 Å². The van der Waals surface area contributed by atoms with Crippen LogP contribution in [0, 0.1) is 0 Å². The van der Waals surface area contributed by atoms with E-state index in [-0.39, 0.29) is 5.97 Å². The minimum absolute atomic E-state index is 0.307. The lowest BCUT2D eigenvalue weighted by Crippen LogP contribution is -2.27. The SMILES string of the molecule is CCOC(=O)C(NC)c1ccc(OC)c(OC)c1Cl. The van der Waals surface area contributed by atoms with Crippen LogP contribution in [0.15, 0.2) is 12.1 Å². The van der Waals surface area contributed by atoms with Crippen molar-refractivity contribution in [1.29, 1.82) is 0 Å². The van der Waals surface area contributed by atoms with Gasteiger partial charge in [0.1, 0.15) is 6.04 Å². The third kappa shape index (κ3) is 3.30.